The average Bonchev–Trinajstić information content (AvgIpc) is 1.79. The lowest BCUT2D eigenvalue weighted by molar-refractivity contribution is -0.140. The maximum Gasteiger partial charge on any atom is 0.317 e. The van der Waals surface area contributed by atoms with Gasteiger partial charge in [0.05, 0.1) is 32.7 Å². The molecule has 93 heavy (non-hydrogen) atoms. The summed E-state index contributed by atoms with van der Waals surface area (Å²) in [7, 11) is 0. The van der Waals surface area contributed by atoms with Gasteiger partial charge in [-0.3, -0.25) is 62.8 Å². The number of fused-ring (bicyclic) bond motifs is 1. The number of carboxylic acid groups (broad SMARTS) is 3. The van der Waals surface area contributed by atoms with E-state index in [-0.39, 0.29) is 74.7 Å². The van der Waals surface area contributed by atoms with Gasteiger partial charge in [-0.25, -0.2) is 8.78 Å². The van der Waals surface area contributed by atoms with E-state index >= 15 is 0 Å². The summed E-state index contributed by atoms with van der Waals surface area (Å²) in [6, 6.07) is 14.8. The Morgan fingerprint density at radius 1 is 0.656 bits per heavy atom. The Hall–Kier alpha value is -6.63. The number of nitrogens with zero attached hydrogens (tertiary/aromatic N) is 7. The van der Waals surface area contributed by atoms with Crippen molar-refractivity contribution in [2.24, 2.45) is 5.92 Å². The molecule has 0 bridgehead atoms. The van der Waals surface area contributed by atoms with Gasteiger partial charge in [-0.05, 0) is 106 Å². The third kappa shape index (κ3) is 32.4. The summed E-state index contributed by atoms with van der Waals surface area (Å²) in [5, 5.41) is 36.7. The van der Waals surface area contributed by atoms with Crippen molar-refractivity contribution in [2.45, 2.75) is 194 Å². The Bertz CT molecular complexity index is 2600. The van der Waals surface area contributed by atoms with E-state index in [1.165, 1.54) is 79.2 Å². The van der Waals surface area contributed by atoms with E-state index in [1.54, 1.807) is 21.6 Å². The molecule has 22 nitrogen and oxygen atoms in total. The predicted molar refractivity (Wildman–Crippen MR) is 353 cm³/mol. The van der Waals surface area contributed by atoms with Crippen molar-refractivity contribution in [3.8, 4) is 0 Å². The van der Waals surface area contributed by atoms with Gasteiger partial charge in [0.2, 0.25) is 35.9 Å². The molecule has 522 valence electrons. The van der Waals surface area contributed by atoms with Gasteiger partial charge in [0.1, 0.15) is 6.04 Å². The van der Waals surface area contributed by atoms with Crippen LogP contribution >= 0.6 is 0 Å². The number of alkyl halides is 2. The monoisotopic (exact) mass is 1310 g/mol. The van der Waals surface area contributed by atoms with Crippen LogP contribution in [0.25, 0.3) is 0 Å². The minimum Gasteiger partial charge on any atom is -0.480 e. The van der Waals surface area contributed by atoms with Gasteiger partial charge in [-0.1, -0.05) is 107 Å². The Morgan fingerprint density at radius 2 is 1.19 bits per heavy atom. The Morgan fingerprint density at radius 3 is 1.69 bits per heavy atom. The highest BCUT2D eigenvalue weighted by Gasteiger charge is 2.43. The molecule has 7 rings (SSSR count). The number of piperidine rings is 1. The van der Waals surface area contributed by atoms with Crippen LogP contribution in [-0.2, 0) is 69.1 Å². The van der Waals surface area contributed by atoms with E-state index in [0.717, 1.165) is 88.9 Å². The second kappa shape index (κ2) is 43.4. The SMILES string of the molecule is CC.CC(=O)N1Cc2cccc(CC3CCN(C=O)CC3)c2C1.Cc1ccc(CCCCCCCCCCCC(=O)NC(C)CCCCNC(=O)CN2CCN(CC(=O)O)CCN(CC(=O)O)CCN(CC(=O)O)CC2)cc1.O=C1CCC(C(=O)N2CCC(F)(F)C2)N1. The number of rotatable bonds is 30. The molecule has 5 heterocycles. The predicted octanol–water partition coefficient (Wildman–Crippen LogP) is 6.82. The number of aryl methyl sites for hydroxylation is 2. The van der Waals surface area contributed by atoms with E-state index in [0.29, 0.717) is 84.1 Å². The third-order valence-electron chi connectivity index (χ3n) is 17.8. The van der Waals surface area contributed by atoms with Crippen LogP contribution in [0, 0.1) is 12.8 Å². The molecule has 2 aromatic carbocycles. The molecule has 0 spiro atoms. The van der Waals surface area contributed by atoms with E-state index in [2.05, 4.69) is 65.3 Å². The number of aliphatic carboxylic acids is 3. The first kappa shape index (κ1) is 78.8. The van der Waals surface area contributed by atoms with Crippen molar-refractivity contribution in [1.82, 2.24) is 50.2 Å². The van der Waals surface area contributed by atoms with Gasteiger partial charge in [0.25, 0.3) is 5.92 Å². The third-order valence-corrected chi connectivity index (χ3v) is 17.8. The van der Waals surface area contributed by atoms with Crippen molar-refractivity contribution < 1.29 is 67.3 Å². The number of hydrogen-bond donors (Lipinski definition) is 6. The molecule has 4 fully saturated rings. The van der Waals surface area contributed by atoms with Gasteiger partial charge in [-0.15, -0.1) is 0 Å². The second-order valence-electron chi connectivity index (χ2n) is 25.5. The van der Waals surface area contributed by atoms with E-state index in [1.807, 2.05) is 35.5 Å². The molecule has 0 radical (unpaired) electrons. The number of carboxylic acids is 3. The summed E-state index contributed by atoms with van der Waals surface area (Å²) in [4.78, 5) is 117. The zero-order valence-electron chi connectivity index (χ0n) is 56.3. The van der Waals surface area contributed by atoms with E-state index in [9.17, 15) is 67.3 Å². The number of carbonyl (C=O) groups excluding carboxylic acids is 6. The normalized spacial score (nSPS) is 18.5. The van der Waals surface area contributed by atoms with Gasteiger partial charge < -0.3 is 46.0 Å². The molecule has 0 aliphatic carbocycles. The molecule has 2 aromatic rings. The summed E-state index contributed by atoms with van der Waals surface area (Å²) in [5.74, 6) is -5.57. The van der Waals surface area contributed by atoms with Crippen molar-refractivity contribution in [3.05, 3.63) is 70.3 Å². The van der Waals surface area contributed by atoms with Crippen molar-refractivity contribution in [3.63, 3.8) is 0 Å². The lowest BCUT2D eigenvalue weighted by Crippen LogP contribution is -2.49. The highest BCUT2D eigenvalue weighted by molar-refractivity contribution is 5.91. The maximum atomic E-state index is 12.9. The van der Waals surface area contributed by atoms with Crippen LogP contribution in [-0.4, -0.2) is 233 Å². The number of nitrogens with one attached hydrogen (secondary N) is 3. The number of carbonyl (C=O) groups is 9. The quantitative estimate of drug-likeness (QED) is 0.0346. The van der Waals surface area contributed by atoms with Crippen molar-refractivity contribution >= 4 is 53.9 Å². The fraction of sp³-hybridized carbons (Fsp3) is 0.696. The van der Waals surface area contributed by atoms with Crippen LogP contribution in [0.4, 0.5) is 8.78 Å². The standard InChI is InChI=1S/C41H70N6O8.C17H22N2O2.C9H12F2N2O2.C2H6/c1-34-17-19-36(20-18-34)15-10-8-6-4-3-5-7-9-11-16-37(48)43-35(2)14-12-13-21-42-38(49)30-44-22-24-45(31-39(50)51)26-28-47(33-41(54)55)29-27-46(25-23-44)32-40(52)53;1-13(21)19-10-16-4-2-3-15(17(16)11-19)9-14-5-7-18(12-20)8-6-14;10-9(11)3-4-13(5-9)8(15)6-1-2-7(14)12-6;1-2/h17-20,35H,3-16,21-33H2,1-2H3,(H,42,49)(H,43,48)(H,50,51)(H,52,53)(H,54,55);2-4,12,14H,5-11H2,1H3;6H,1-5H2,(H,12,14);1-2H3. The van der Waals surface area contributed by atoms with E-state index in [4.69, 9.17) is 0 Å². The molecule has 5 aliphatic heterocycles. The molecule has 0 aromatic heterocycles. The molecule has 0 saturated carbocycles. The number of benzene rings is 2. The fourth-order valence-corrected chi connectivity index (χ4v) is 12.3. The maximum absolute atomic E-state index is 12.9. The minimum absolute atomic E-state index is 0.0650. The zero-order valence-corrected chi connectivity index (χ0v) is 56.3. The number of amides is 6. The molecular weight excluding hydrogens is 1200 g/mol. The van der Waals surface area contributed by atoms with Gasteiger partial charge in [-0.2, -0.15) is 0 Å². The van der Waals surface area contributed by atoms with Gasteiger partial charge in [0, 0.05) is 124 Å². The molecule has 6 N–H and O–H groups in total. The molecule has 24 heteroatoms. The van der Waals surface area contributed by atoms with Crippen LogP contribution in [0.3, 0.4) is 0 Å². The van der Waals surface area contributed by atoms with Gasteiger partial charge >= 0.3 is 17.9 Å². The Kier molecular flexibility index (Phi) is 36.8. The second-order valence-corrected chi connectivity index (χ2v) is 25.5. The molecule has 5 aliphatic rings. The average molecular weight is 1310 g/mol. The molecule has 2 atom stereocenters. The molecule has 6 amide bonds. The topological polar surface area (TPSA) is 273 Å². The first-order valence-electron chi connectivity index (χ1n) is 34.2. The summed E-state index contributed by atoms with van der Waals surface area (Å²) in [6.45, 7) is 15.4. The minimum atomic E-state index is -2.77. The van der Waals surface area contributed by atoms with Crippen molar-refractivity contribution in [1.29, 1.82) is 0 Å². The highest BCUT2D eigenvalue weighted by atomic mass is 19.3. The fourth-order valence-electron chi connectivity index (χ4n) is 12.3. The van der Waals surface area contributed by atoms with Crippen LogP contribution < -0.4 is 16.0 Å². The lowest BCUT2D eigenvalue weighted by Gasteiger charge is -2.32. The zero-order chi connectivity index (χ0) is 68.1. The van der Waals surface area contributed by atoms with Crippen LogP contribution in [0.5, 0.6) is 0 Å². The first-order chi connectivity index (χ1) is 44.5. The van der Waals surface area contributed by atoms with Gasteiger partial charge in [0.15, 0.2) is 0 Å². The Balaban J connectivity index is 0.000000386. The summed E-state index contributed by atoms with van der Waals surface area (Å²) >= 11 is 0. The number of unbranched alkanes of at least 4 members (excludes halogenated alkanes) is 9. The smallest absolute Gasteiger partial charge is 0.317 e. The van der Waals surface area contributed by atoms with E-state index < -0.39 is 36.4 Å². The largest absolute Gasteiger partial charge is 0.480 e. The molecule has 2 unspecified atom stereocenters. The van der Waals surface area contributed by atoms with Crippen LogP contribution in [0.2, 0.25) is 0 Å². The number of halogens is 2. The number of likely N-dealkylation sites (tertiary alicyclic amines) is 2. The summed E-state index contributed by atoms with van der Waals surface area (Å²) in [5.41, 5.74) is 6.79. The highest BCUT2D eigenvalue weighted by Crippen LogP contribution is 2.31. The Labute approximate surface area is 550 Å². The lowest BCUT2D eigenvalue weighted by atomic mass is 9.88. The van der Waals surface area contributed by atoms with Crippen molar-refractivity contribution in [2.75, 3.05) is 111 Å². The van der Waals surface area contributed by atoms with Crippen LogP contribution in [0.1, 0.15) is 171 Å². The summed E-state index contributed by atoms with van der Waals surface area (Å²) in [6.07, 6.45) is 19.6. The molecular formula is C69H110F2N10O12. The van der Waals surface area contributed by atoms with Crippen LogP contribution in [0.15, 0.2) is 42.5 Å². The number of hydrogen-bond acceptors (Lipinski definition) is 13. The molecule has 4 saturated heterocycles. The summed E-state index contributed by atoms with van der Waals surface area (Å²) < 4.78 is 25.7. The first-order valence-corrected chi connectivity index (χ1v) is 34.2.